The van der Waals surface area contributed by atoms with Crippen LogP contribution in [0.1, 0.15) is 83.6 Å². The second kappa shape index (κ2) is 6.30. The van der Waals surface area contributed by atoms with Crippen LogP contribution >= 0.6 is 0 Å². The maximum Gasteiger partial charge on any atom is 0.114 e. The predicted molar refractivity (Wildman–Crippen MR) is 85.2 cm³/mol. The highest BCUT2D eigenvalue weighted by Crippen LogP contribution is 2.31. The van der Waals surface area contributed by atoms with Crippen LogP contribution < -0.4 is 5.32 Å². The molecule has 20 heavy (non-hydrogen) atoms. The zero-order chi connectivity index (χ0) is 14.8. The van der Waals surface area contributed by atoms with E-state index in [-0.39, 0.29) is 5.41 Å². The molecule has 0 saturated heterocycles. The molecule has 2 heterocycles. The molecule has 1 aliphatic heterocycles. The van der Waals surface area contributed by atoms with Crippen molar-refractivity contribution in [3.05, 3.63) is 17.2 Å². The SMILES string of the molecule is CCCCCC(C)n1c(C(C)(C)C)nc2c1CCNC2. The van der Waals surface area contributed by atoms with Gasteiger partial charge in [-0.3, -0.25) is 0 Å². The number of rotatable bonds is 5. The lowest BCUT2D eigenvalue weighted by Gasteiger charge is -2.26. The van der Waals surface area contributed by atoms with E-state index >= 15 is 0 Å². The Bertz CT molecular complexity index is 440. The molecule has 0 radical (unpaired) electrons. The lowest BCUT2D eigenvalue weighted by atomic mass is 9.95. The predicted octanol–water partition coefficient (Wildman–Crippen LogP) is 3.97. The number of nitrogens with one attached hydrogen (secondary N) is 1. The van der Waals surface area contributed by atoms with Crippen molar-refractivity contribution in [2.24, 2.45) is 0 Å². The van der Waals surface area contributed by atoms with E-state index in [1.807, 2.05) is 0 Å². The van der Waals surface area contributed by atoms with Gasteiger partial charge >= 0.3 is 0 Å². The molecule has 0 amide bonds. The largest absolute Gasteiger partial charge is 0.328 e. The fourth-order valence-corrected chi connectivity index (χ4v) is 3.16. The van der Waals surface area contributed by atoms with Gasteiger partial charge in [-0.1, -0.05) is 47.0 Å². The van der Waals surface area contributed by atoms with Crippen LogP contribution in [0.25, 0.3) is 0 Å². The Morgan fingerprint density at radius 3 is 2.70 bits per heavy atom. The van der Waals surface area contributed by atoms with E-state index < -0.39 is 0 Å². The number of hydrogen-bond donors (Lipinski definition) is 1. The van der Waals surface area contributed by atoms with Crippen molar-refractivity contribution in [3.63, 3.8) is 0 Å². The molecule has 1 aliphatic rings. The summed E-state index contributed by atoms with van der Waals surface area (Å²) >= 11 is 0. The van der Waals surface area contributed by atoms with Gasteiger partial charge in [-0.2, -0.15) is 0 Å². The number of hydrogen-bond acceptors (Lipinski definition) is 2. The molecule has 0 saturated carbocycles. The minimum Gasteiger partial charge on any atom is -0.328 e. The van der Waals surface area contributed by atoms with Gasteiger partial charge in [0.15, 0.2) is 0 Å². The molecule has 0 spiro atoms. The number of nitrogens with zero attached hydrogens (tertiary/aromatic N) is 2. The maximum absolute atomic E-state index is 4.97. The molecule has 1 N–H and O–H groups in total. The summed E-state index contributed by atoms with van der Waals surface area (Å²) in [4.78, 5) is 4.97. The second-order valence-corrected chi connectivity index (χ2v) is 7.22. The van der Waals surface area contributed by atoms with E-state index in [2.05, 4.69) is 44.5 Å². The molecule has 0 aromatic carbocycles. The fraction of sp³-hybridized carbons (Fsp3) is 0.824. The topological polar surface area (TPSA) is 29.9 Å². The average molecular weight is 277 g/mol. The molecule has 1 aromatic rings. The summed E-state index contributed by atoms with van der Waals surface area (Å²) in [5.74, 6) is 1.27. The third-order valence-corrected chi connectivity index (χ3v) is 4.26. The molecule has 114 valence electrons. The van der Waals surface area contributed by atoms with Gasteiger partial charge < -0.3 is 9.88 Å². The van der Waals surface area contributed by atoms with Crippen LogP contribution in [-0.2, 0) is 18.4 Å². The first-order valence-electron chi connectivity index (χ1n) is 8.26. The van der Waals surface area contributed by atoms with E-state index in [0.29, 0.717) is 6.04 Å². The van der Waals surface area contributed by atoms with Gasteiger partial charge in [-0.25, -0.2) is 4.98 Å². The summed E-state index contributed by atoms with van der Waals surface area (Å²) in [6.07, 6.45) is 6.36. The van der Waals surface area contributed by atoms with Gasteiger partial charge in [0.25, 0.3) is 0 Å². The Morgan fingerprint density at radius 2 is 2.05 bits per heavy atom. The number of imidazole rings is 1. The lowest BCUT2D eigenvalue weighted by molar-refractivity contribution is 0.409. The first kappa shape index (κ1) is 15.6. The molecule has 1 unspecified atom stereocenters. The third kappa shape index (κ3) is 3.25. The van der Waals surface area contributed by atoms with Crippen molar-refractivity contribution >= 4 is 0 Å². The third-order valence-electron chi connectivity index (χ3n) is 4.26. The molecule has 0 aliphatic carbocycles. The first-order valence-corrected chi connectivity index (χ1v) is 8.26. The zero-order valence-corrected chi connectivity index (χ0v) is 13.9. The summed E-state index contributed by atoms with van der Waals surface area (Å²) < 4.78 is 2.56. The Labute approximate surface area is 124 Å². The normalized spacial score (nSPS) is 17.1. The van der Waals surface area contributed by atoms with E-state index in [4.69, 9.17) is 4.98 Å². The van der Waals surface area contributed by atoms with Gasteiger partial charge in [0.05, 0.1) is 5.69 Å². The molecular weight excluding hydrogens is 246 g/mol. The van der Waals surface area contributed by atoms with Crippen LogP contribution in [0.2, 0.25) is 0 Å². The van der Waals surface area contributed by atoms with Crippen LogP contribution in [0.4, 0.5) is 0 Å². The summed E-state index contributed by atoms with van der Waals surface area (Å²) in [6.45, 7) is 13.5. The number of fused-ring (bicyclic) bond motifs is 1. The summed E-state index contributed by atoms with van der Waals surface area (Å²) in [5, 5.41) is 3.45. The van der Waals surface area contributed by atoms with Gasteiger partial charge in [-0.15, -0.1) is 0 Å². The van der Waals surface area contributed by atoms with Crippen molar-refractivity contribution in [3.8, 4) is 0 Å². The van der Waals surface area contributed by atoms with Gasteiger partial charge in [-0.05, 0) is 13.3 Å². The van der Waals surface area contributed by atoms with Crippen molar-refractivity contribution in [1.29, 1.82) is 0 Å². The highest BCUT2D eigenvalue weighted by Gasteiger charge is 2.28. The Hall–Kier alpha value is -0.830. The summed E-state index contributed by atoms with van der Waals surface area (Å²) in [6, 6.07) is 0.574. The van der Waals surface area contributed by atoms with Crippen LogP contribution in [0.5, 0.6) is 0 Å². The van der Waals surface area contributed by atoms with Crippen molar-refractivity contribution < 1.29 is 0 Å². The second-order valence-electron chi connectivity index (χ2n) is 7.22. The Kier molecular flexibility index (Phi) is 4.90. The zero-order valence-electron chi connectivity index (χ0n) is 13.9. The van der Waals surface area contributed by atoms with Gasteiger partial charge in [0, 0.05) is 36.7 Å². The van der Waals surface area contributed by atoms with Crippen LogP contribution in [0, 0.1) is 0 Å². The van der Waals surface area contributed by atoms with E-state index in [9.17, 15) is 0 Å². The Balaban J connectivity index is 2.30. The molecule has 1 atom stereocenters. The molecule has 3 nitrogen and oxygen atoms in total. The molecule has 1 aromatic heterocycles. The molecule has 3 heteroatoms. The van der Waals surface area contributed by atoms with Crippen LogP contribution in [-0.4, -0.2) is 16.1 Å². The van der Waals surface area contributed by atoms with E-state index in [1.165, 1.54) is 42.9 Å². The summed E-state index contributed by atoms with van der Waals surface area (Å²) in [7, 11) is 0. The minimum absolute atomic E-state index is 0.121. The van der Waals surface area contributed by atoms with Crippen LogP contribution in [0.15, 0.2) is 0 Å². The fourth-order valence-electron chi connectivity index (χ4n) is 3.16. The van der Waals surface area contributed by atoms with Gasteiger partial charge in [0.2, 0.25) is 0 Å². The van der Waals surface area contributed by atoms with Gasteiger partial charge in [0.1, 0.15) is 5.82 Å². The van der Waals surface area contributed by atoms with Crippen LogP contribution in [0.3, 0.4) is 0 Å². The number of unbranched alkanes of at least 4 members (excludes halogenated alkanes) is 2. The van der Waals surface area contributed by atoms with E-state index in [1.54, 1.807) is 0 Å². The summed E-state index contributed by atoms with van der Waals surface area (Å²) in [5.41, 5.74) is 2.89. The van der Waals surface area contributed by atoms with E-state index in [0.717, 1.165) is 19.5 Å². The number of aromatic nitrogens is 2. The maximum atomic E-state index is 4.97. The standard InChI is InChI=1S/C17H31N3/c1-6-7-8-9-13(2)20-15-10-11-18-12-14(15)19-16(20)17(3,4)5/h13,18H,6-12H2,1-5H3. The smallest absolute Gasteiger partial charge is 0.114 e. The monoisotopic (exact) mass is 277 g/mol. The van der Waals surface area contributed by atoms with Crippen molar-refractivity contribution in [2.45, 2.75) is 84.7 Å². The Morgan fingerprint density at radius 1 is 1.30 bits per heavy atom. The molecule has 0 bridgehead atoms. The van der Waals surface area contributed by atoms with Crippen molar-refractivity contribution in [2.75, 3.05) is 6.54 Å². The highest BCUT2D eigenvalue weighted by atomic mass is 15.1. The molecule has 2 rings (SSSR count). The molecular formula is C17H31N3. The lowest BCUT2D eigenvalue weighted by Crippen LogP contribution is -2.26. The van der Waals surface area contributed by atoms with Crippen molar-refractivity contribution in [1.82, 2.24) is 14.9 Å². The first-order chi connectivity index (χ1) is 9.45. The molecule has 0 fully saturated rings. The quantitative estimate of drug-likeness (QED) is 0.825. The average Bonchev–Trinajstić information content (AvgIpc) is 2.78. The minimum atomic E-state index is 0.121. The highest BCUT2D eigenvalue weighted by molar-refractivity contribution is 5.24.